The van der Waals surface area contributed by atoms with Gasteiger partial charge in [-0.3, -0.25) is 4.79 Å². The van der Waals surface area contributed by atoms with Crippen molar-refractivity contribution in [2.45, 2.75) is 6.92 Å². The van der Waals surface area contributed by atoms with Gasteiger partial charge in [-0.2, -0.15) is 0 Å². The van der Waals surface area contributed by atoms with Crippen molar-refractivity contribution in [3.8, 4) is 0 Å². The van der Waals surface area contributed by atoms with E-state index in [0.29, 0.717) is 0 Å². The first-order valence-electron chi connectivity index (χ1n) is 10.5. The average Bonchev–Trinajstić information content (AvgIpc) is 2.84. The average molecular weight is 408 g/mol. The van der Waals surface area contributed by atoms with Crippen molar-refractivity contribution in [1.82, 2.24) is 0 Å². The fourth-order valence-corrected chi connectivity index (χ4v) is 8.29. The molecule has 0 aromatic heterocycles. The second kappa shape index (κ2) is 9.03. The van der Waals surface area contributed by atoms with Crippen molar-refractivity contribution in [2.75, 3.05) is 0 Å². The number of hydrogen-bond acceptors (Lipinski definition) is 1. The van der Waals surface area contributed by atoms with Gasteiger partial charge < -0.3 is 0 Å². The monoisotopic (exact) mass is 408 g/mol. The van der Waals surface area contributed by atoms with Gasteiger partial charge in [0.2, 0.25) is 0 Å². The zero-order valence-corrected chi connectivity index (χ0v) is 17.8. The second-order valence-electron chi connectivity index (χ2n) is 7.07. The van der Waals surface area contributed by atoms with Gasteiger partial charge in [0.15, 0.2) is 5.78 Å². The molecule has 0 N–H and O–H groups in total. The third-order valence-corrected chi connectivity index (χ3v) is 9.37. The SMILES string of the molecule is [2H]/C(C(C)=O)=C(/c1ccccc1)[P+](c1ccccc1)(c1ccccc1)c1ccccc1. The number of benzene rings is 4. The van der Waals surface area contributed by atoms with Crippen LogP contribution in [-0.2, 0) is 4.79 Å². The Bertz CT molecular complexity index is 1090. The molecule has 0 unspecified atom stereocenters. The molecule has 0 aliphatic heterocycles. The molecular formula is C28H24OP+. The minimum absolute atomic E-state index is 0.0658. The Labute approximate surface area is 180 Å². The van der Waals surface area contributed by atoms with Gasteiger partial charge in [0.25, 0.3) is 0 Å². The highest BCUT2D eigenvalue weighted by atomic mass is 31.2. The molecule has 0 radical (unpaired) electrons. The first kappa shape index (κ1) is 18.7. The molecule has 4 aromatic carbocycles. The van der Waals surface area contributed by atoms with Crippen molar-refractivity contribution >= 4 is 34.3 Å². The zero-order valence-electron chi connectivity index (χ0n) is 17.9. The lowest BCUT2D eigenvalue weighted by Crippen LogP contribution is -2.32. The number of hydrogen-bond donors (Lipinski definition) is 0. The maximum atomic E-state index is 12.7. The number of rotatable bonds is 6. The molecule has 2 heteroatoms. The summed E-state index contributed by atoms with van der Waals surface area (Å²) < 4.78 is 8.98. The molecule has 0 aliphatic rings. The van der Waals surface area contributed by atoms with Gasteiger partial charge >= 0.3 is 0 Å². The standard InChI is InChI=1S/C28H24OP/c1-23(29)22-28(24-14-6-2-7-15-24)30(25-16-8-3-9-17-25,26-18-10-4-11-19-26)27-20-12-5-13-21-27/h2-22H,1H3/q+1/b28-22+/i22D. The molecule has 30 heavy (non-hydrogen) atoms. The van der Waals surface area contributed by atoms with Gasteiger partial charge in [0, 0.05) is 11.6 Å². The van der Waals surface area contributed by atoms with Crippen molar-refractivity contribution < 1.29 is 6.17 Å². The molecule has 0 fully saturated rings. The van der Waals surface area contributed by atoms with Crippen LogP contribution in [0.1, 0.15) is 13.9 Å². The number of carbonyl (C=O) groups excluding carboxylic acids is 1. The molecule has 0 saturated heterocycles. The summed E-state index contributed by atoms with van der Waals surface area (Å²) in [5.74, 6) is -0.231. The summed E-state index contributed by atoms with van der Waals surface area (Å²) >= 11 is 0. The summed E-state index contributed by atoms with van der Waals surface area (Å²) in [6.07, 6.45) is 0. The molecule has 0 amide bonds. The maximum Gasteiger partial charge on any atom is 0.156 e. The summed E-state index contributed by atoms with van der Waals surface area (Å²) in [6, 6.07) is 41.0. The van der Waals surface area contributed by atoms with Crippen LogP contribution in [0.2, 0.25) is 0 Å². The van der Waals surface area contributed by atoms with E-state index in [9.17, 15) is 4.79 Å². The van der Waals surface area contributed by atoms with Crippen molar-refractivity contribution in [2.24, 2.45) is 0 Å². The minimum Gasteiger partial charge on any atom is -0.295 e. The molecule has 0 bridgehead atoms. The second-order valence-corrected chi connectivity index (χ2v) is 10.4. The van der Waals surface area contributed by atoms with Crippen LogP contribution >= 0.6 is 7.26 Å². The summed E-state index contributed by atoms with van der Waals surface area (Å²) in [7, 11) is -2.52. The van der Waals surface area contributed by atoms with Crippen molar-refractivity contribution in [3.63, 3.8) is 0 Å². The zero-order chi connectivity index (χ0) is 21.7. The van der Waals surface area contributed by atoms with E-state index in [1.165, 1.54) is 6.92 Å². The van der Waals surface area contributed by atoms with E-state index in [4.69, 9.17) is 1.37 Å². The van der Waals surface area contributed by atoms with Crippen LogP contribution in [0, 0.1) is 0 Å². The maximum absolute atomic E-state index is 12.7. The van der Waals surface area contributed by atoms with E-state index in [1.807, 2.05) is 84.9 Å². The predicted octanol–water partition coefficient (Wildman–Crippen LogP) is 5.61. The first-order chi connectivity index (χ1) is 15.2. The van der Waals surface area contributed by atoms with Gasteiger partial charge in [-0.15, -0.1) is 0 Å². The number of carbonyl (C=O) groups is 1. The summed E-state index contributed by atoms with van der Waals surface area (Å²) in [4.78, 5) is 12.7. The van der Waals surface area contributed by atoms with Crippen LogP contribution in [0.3, 0.4) is 0 Å². The third kappa shape index (κ3) is 3.77. The molecule has 0 heterocycles. The van der Waals surface area contributed by atoms with Gasteiger partial charge in [-0.05, 0) is 43.3 Å². The Hall–Kier alpha value is -3.28. The van der Waals surface area contributed by atoms with E-state index in [-0.39, 0.29) is 11.8 Å². The lowest BCUT2D eigenvalue weighted by Gasteiger charge is -2.29. The van der Waals surface area contributed by atoms with Crippen LogP contribution in [0.5, 0.6) is 0 Å². The minimum atomic E-state index is -2.52. The quantitative estimate of drug-likeness (QED) is 0.299. The lowest BCUT2D eigenvalue weighted by atomic mass is 10.2. The van der Waals surface area contributed by atoms with Gasteiger partial charge in [-0.1, -0.05) is 84.9 Å². The number of allylic oxidation sites excluding steroid dienone is 1. The Morgan fingerprint density at radius 1 is 0.633 bits per heavy atom. The van der Waals surface area contributed by atoms with Gasteiger partial charge in [0.05, 0.1) is 1.37 Å². The molecule has 1 nitrogen and oxygen atoms in total. The van der Waals surface area contributed by atoms with E-state index in [0.717, 1.165) is 26.8 Å². The van der Waals surface area contributed by atoms with Crippen LogP contribution in [-0.4, -0.2) is 5.78 Å². The molecule has 0 aliphatic carbocycles. The molecule has 146 valence electrons. The summed E-state index contributed by atoms with van der Waals surface area (Å²) in [5.41, 5.74) is 0.910. The lowest BCUT2D eigenvalue weighted by molar-refractivity contribution is -0.112. The van der Waals surface area contributed by atoms with E-state index >= 15 is 0 Å². The Morgan fingerprint density at radius 3 is 1.30 bits per heavy atom. The predicted molar refractivity (Wildman–Crippen MR) is 130 cm³/mol. The highest BCUT2D eigenvalue weighted by Crippen LogP contribution is 2.66. The largest absolute Gasteiger partial charge is 0.295 e. The molecule has 0 atom stereocenters. The number of ketones is 1. The molecule has 0 saturated carbocycles. The van der Waals surface area contributed by atoms with Gasteiger partial charge in [0.1, 0.15) is 28.5 Å². The highest BCUT2D eigenvalue weighted by Gasteiger charge is 2.50. The van der Waals surface area contributed by atoms with E-state index in [2.05, 4.69) is 36.4 Å². The van der Waals surface area contributed by atoms with Crippen LogP contribution in [0.15, 0.2) is 127 Å². The van der Waals surface area contributed by atoms with E-state index in [1.54, 1.807) is 0 Å². The van der Waals surface area contributed by atoms with Gasteiger partial charge in [-0.25, -0.2) is 0 Å². The Kier molecular flexibility index (Phi) is 5.64. The molecule has 0 spiro atoms. The van der Waals surface area contributed by atoms with Crippen molar-refractivity contribution in [1.29, 1.82) is 0 Å². The molecule has 4 rings (SSSR count). The summed E-state index contributed by atoms with van der Waals surface area (Å²) in [5, 5.41) is 4.16. The molecular weight excluding hydrogens is 383 g/mol. The van der Waals surface area contributed by atoms with Crippen LogP contribution in [0.25, 0.3) is 5.31 Å². The highest BCUT2D eigenvalue weighted by molar-refractivity contribution is 8.03. The summed E-state index contributed by atoms with van der Waals surface area (Å²) in [6.45, 7) is 1.49. The topological polar surface area (TPSA) is 17.1 Å². The Morgan fingerprint density at radius 2 is 0.967 bits per heavy atom. The fourth-order valence-electron chi connectivity index (χ4n) is 3.90. The van der Waals surface area contributed by atoms with Crippen molar-refractivity contribution in [3.05, 3.63) is 133 Å². The fraction of sp³-hybridized carbons (Fsp3) is 0.0357. The van der Waals surface area contributed by atoms with Crippen LogP contribution < -0.4 is 15.9 Å². The normalized spacial score (nSPS) is 12.6. The van der Waals surface area contributed by atoms with Crippen LogP contribution in [0.4, 0.5) is 0 Å². The Balaban J connectivity index is 2.24. The molecule has 4 aromatic rings. The smallest absolute Gasteiger partial charge is 0.156 e. The first-order valence-corrected chi connectivity index (χ1v) is 11.8. The van der Waals surface area contributed by atoms with E-state index < -0.39 is 7.26 Å². The third-order valence-electron chi connectivity index (χ3n) is 5.11.